The van der Waals surface area contributed by atoms with E-state index in [1.807, 2.05) is 6.92 Å². The number of carbonyl (C=O) groups is 2. The number of nitro groups is 1. The molecule has 0 aliphatic heterocycles. The van der Waals surface area contributed by atoms with Crippen molar-refractivity contribution in [3.63, 3.8) is 0 Å². The van der Waals surface area contributed by atoms with Crippen LogP contribution in [0.3, 0.4) is 0 Å². The second-order valence-corrected chi connectivity index (χ2v) is 4.78. The van der Waals surface area contributed by atoms with Crippen LogP contribution in [-0.4, -0.2) is 33.4 Å². The minimum atomic E-state index is -0.823. The lowest BCUT2D eigenvalue weighted by Crippen LogP contribution is -2.26. The van der Waals surface area contributed by atoms with E-state index in [1.54, 1.807) is 0 Å². The summed E-state index contributed by atoms with van der Waals surface area (Å²) in [5.41, 5.74) is -0.0201. The number of nitrogens with one attached hydrogen (secondary N) is 2. The summed E-state index contributed by atoms with van der Waals surface area (Å²) in [5.74, 6) is -0.994. The molecular formula is C13H19N3O5. The number of amides is 1. The van der Waals surface area contributed by atoms with E-state index in [0.717, 1.165) is 12.6 Å². The first kappa shape index (κ1) is 16.7. The molecule has 0 radical (unpaired) electrons. The quantitative estimate of drug-likeness (QED) is 0.474. The first-order valence-corrected chi connectivity index (χ1v) is 6.76. The van der Waals surface area contributed by atoms with Crippen LogP contribution in [0.4, 0.5) is 5.69 Å². The molecule has 1 aromatic rings. The third-order valence-electron chi connectivity index (χ3n) is 3.31. The largest absolute Gasteiger partial charge is 0.481 e. The normalized spacial score (nSPS) is 11.9. The summed E-state index contributed by atoms with van der Waals surface area (Å²) in [4.78, 5) is 34.8. The highest BCUT2D eigenvalue weighted by Crippen LogP contribution is 2.15. The summed E-state index contributed by atoms with van der Waals surface area (Å²) in [6.45, 7) is 2.38. The molecule has 1 heterocycles. The fourth-order valence-corrected chi connectivity index (χ4v) is 1.98. The number of carbonyl (C=O) groups excluding carboxylic acids is 1. The Kier molecular flexibility index (Phi) is 6.38. The van der Waals surface area contributed by atoms with Gasteiger partial charge in [-0.3, -0.25) is 19.7 Å². The molecule has 0 fully saturated rings. The molecule has 0 aromatic carbocycles. The first-order chi connectivity index (χ1) is 9.93. The minimum Gasteiger partial charge on any atom is -0.481 e. The third kappa shape index (κ3) is 5.64. The van der Waals surface area contributed by atoms with Gasteiger partial charge in [-0.1, -0.05) is 13.3 Å². The van der Waals surface area contributed by atoms with E-state index in [0.29, 0.717) is 19.4 Å². The lowest BCUT2D eigenvalue weighted by molar-refractivity contribution is -0.384. The van der Waals surface area contributed by atoms with Crippen LogP contribution in [-0.2, 0) is 4.79 Å². The predicted molar refractivity (Wildman–Crippen MR) is 75.0 cm³/mol. The standard InChI is InChI=1S/C13H19N3O5/c1-2-9(3-4-12(17)18)5-6-14-13(19)11-7-10(8-15-11)16(20)21/h7-9,15H,2-6H2,1H3,(H,14,19)(H,17,18). The number of hydrogen-bond acceptors (Lipinski definition) is 4. The van der Waals surface area contributed by atoms with E-state index in [9.17, 15) is 19.7 Å². The molecule has 116 valence electrons. The van der Waals surface area contributed by atoms with Crippen molar-refractivity contribution in [2.24, 2.45) is 5.92 Å². The summed E-state index contributed by atoms with van der Waals surface area (Å²) in [6, 6.07) is 1.18. The van der Waals surface area contributed by atoms with Crippen LogP contribution in [0.2, 0.25) is 0 Å². The number of carboxylic acid groups (broad SMARTS) is 1. The SMILES string of the molecule is CCC(CCNC(=O)c1cc([N+](=O)[O-])c[nH]1)CCC(=O)O. The lowest BCUT2D eigenvalue weighted by Gasteiger charge is -2.13. The zero-order chi connectivity index (χ0) is 15.8. The average Bonchev–Trinajstić information content (AvgIpc) is 2.92. The van der Waals surface area contributed by atoms with E-state index < -0.39 is 16.8 Å². The van der Waals surface area contributed by atoms with E-state index in [4.69, 9.17) is 5.11 Å². The van der Waals surface area contributed by atoms with Gasteiger partial charge in [0.15, 0.2) is 0 Å². The fourth-order valence-electron chi connectivity index (χ4n) is 1.98. The van der Waals surface area contributed by atoms with Crippen LogP contribution < -0.4 is 5.32 Å². The monoisotopic (exact) mass is 297 g/mol. The molecule has 1 unspecified atom stereocenters. The lowest BCUT2D eigenvalue weighted by atomic mass is 9.96. The van der Waals surface area contributed by atoms with Crippen molar-refractivity contribution in [2.75, 3.05) is 6.54 Å². The van der Waals surface area contributed by atoms with Gasteiger partial charge in [-0.25, -0.2) is 0 Å². The van der Waals surface area contributed by atoms with Gasteiger partial charge in [-0.05, 0) is 18.8 Å². The highest BCUT2D eigenvalue weighted by Gasteiger charge is 2.15. The van der Waals surface area contributed by atoms with Gasteiger partial charge < -0.3 is 15.4 Å². The number of rotatable bonds is 9. The zero-order valence-electron chi connectivity index (χ0n) is 11.8. The number of nitrogens with zero attached hydrogens (tertiary/aromatic N) is 1. The number of hydrogen-bond donors (Lipinski definition) is 3. The van der Waals surface area contributed by atoms with Crippen molar-refractivity contribution in [1.82, 2.24) is 10.3 Å². The van der Waals surface area contributed by atoms with E-state index in [1.165, 1.54) is 6.07 Å². The van der Waals surface area contributed by atoms with Crippen LogP contribution in [0.5, 0.6) is 0 Å². The van der Waals surface area contributed by atoms with Crippen molar-refractivity contribution < 1.29 is 19.6 Å². The number of carboxylic acids is 1. The second kappa shape index (κ2) is 8.03. The Hall–Kier alpha value is -2.38. The second-order valence-electron chi connectivity index (χ2n) is 4.78. The summed E-state index contributed by atoms with van der Waals surface area (Å²) >= 11 is 0. The molecule has 1 amide bonds. The maximum atomic E-state index is 11.8. The molecule has 1 atom stereocenters. The Morgan fingerprint density at radius 1 is 1.48 bits per heavy atom. The number of aliphatic carboxylic acids is 1. The number of aromatic amines is 1. The molecule has 0 aliphatic carbocycles. The van der Waals surface area contributed by atoms with Crippen LogP contribution in [0.1, 0.15) is 43.1 Å². The Balaban J connectivity index is 2.37. The first-order valence-electron chi connectivity index (χ1n) is 6.76. The van der Waals surface area contributed by atoms with Crippen molar-refractivity contribution in [1.29, 1.82) is 0 Å². The smallest absolute Gasteiger partial charge is 0.303 e. The van der Waals surface area contributed by atoms with Crippen LogP contribution in [0.15, 0.2) is 12.3 Å². The average molecular weight is 297 g/mol. The summed E-state index contributed by atoms with van der Waals surface area (Å²) in [6.07, 6.45) is 3.39. The van der Waals surface area contributed by atoms with Gasteiger partial charge in [0, 0.05) is 19.0 Å². The van der Waals surface area contributed by atoms with Crippen LogP contribution in [0, 0.1) is 16.0 Å². The molecule has 1 rings (SSSR count). The summed E-state index contributed by atoms with van der Waals surface area (Å²) in [5, 5.41) is 21.8. The van der Waals surface area contributed by atoms with Gasteiger partial charge >= 0.3 is 5.97 Å². The van der Waals surface area contributed by atoms with Gasteiger partial charge in [-0.15, -0.1) is 0 Å². The van der Waals surface area contributed by atoms with E-state index in [2.05, 4.69) is 10.3 Å². The maximum Gasteiger partial charge on any atom is 0.303 e. The zero-order valence-corrected chi connectivity index (χ0v) is 11.8. The highest BCUT2D eigenvalue weighted by atomic mass is 16.6. The molecular weight excluding hydrogens is 278 g/mol. The van der Waals surface area contributed by atoms with E-state index in [-0.39, 0.29) is 23.7 Å². The van der Waals surface area contributed by atoms with Crippen molar-refractivity contribution in [3.05, 3.63) is 28.1 Å². The summed E-state index contributed by atoms with van der Waals surface area (Å²) < 4.78 is 0. The van der Waals surface area contributed by atoms with Gasteiger partial charge in [0.2, 0.25) is 0 Å². The predicted octanol–water partition coefficient (Wildman–Crippen LogP) is 1.93. The molecule has 0 spiro atoms. The molecule has 3 N–H and O–H groups in total. The Morgan fingerprint density at radius 2 is 2.19 bits per heavy atom. The number of aromatic nitrogens is 1. The molecule has 8 nitrogen and oxygen atoms in total. The van der Waals surface area contributed by atoms with Gasteiger partial charge in [-0.2, -0.15) is 0 Å². The minimum absolute atomic E-state index is 0.120. The van der Waals surface area contributed by atoms with Gasteiger partial charge in [0.25, 0.3) is 11.6 Å². The molecule has 21 heavy (non-hydrogen) atoms. The van der Waals surface area contributed by atoms with Crippen LogP contribution in [0.25, 0.3) is 0 Å². The Morgan fingerprint density at radius 3 is 2.71 bits per heavy atom. The highest BCUT2D eigenvalue weighted by molar-refractivity contribution is 5.93. The molecule has 8 heteroatoms. The fraction of sp³-hybridized carbons (Fsp3) is 0.538. The Bertz CT molecular complexity index is 512. The van der Waals surface area contributed by atoms with Crippen LogP contribution >= 0.6 is 0 Å². The van der Waals surface area contributed by atoms with Gasteiger partial charge in [0.1, 0.15) is 5.69 Å². The maximum absolute atomic E-state index is 11.8. The molecule has 0 aliphatic rings. The summed E-state index contributed by atoms with van der Waals surface area (Å²) in [7, 11) is 0. The topological polar surface area (TPSA) is 125 Å². The molecule has 1 aromatic heterocycles. The van der Waals surface area contributed by atoms with Crippen molar-refractivity contribution in [2.45, 2.75) is 32.6 Å². The van der Waals surface area contributed by atoms with Crippen molar-refractivity contribution >= 4 is 17.6 Å². The third-order valence-corrected chi connectivity index (χ3v) is 3.31. The molecule has 0 saturated heterocycles. The molecule has 0 saturated carbocycles. The Labute approximate surface area is 121 Å². The molecule has 0 bridgehead atoms. The van der Waals surface area contributed by atoms with Gasteiger partial charge in [0.05, 0.1) is 11.1 Å². The van der Waals surface area contributed by atoms with Crippen molar-refractivity contribution in [3.8, 4) is 0 Å². The number of H-pyrrole nitrogens is 1. The van der Waals surface area contributed by atoms with E-state index >= 15 is 0 Å².